The van der Waals surface area contributed by atoms with Crippen LogP contribution in [0.15, 0.2) is 109 Å². The van der Waals surface area contributed by atoms with E-state index in [-0.39, 0.29) is 42.8 Å². The Morgan fingerprint density at radius 1 is 0.646 bits per heavy atom. The average molecular weight is 911 g/mol. The molecule has 4 aromatic carbocycles. The van der Waals surface area contributed by atoms with Crippen molar-refractivity contribution in [2.45, 2.75) is 19.1 Å². The molecule has 3 fully saturated rings. The van der Waals surface area contributed by atoms with Crippen LogP contribution in [0.2, 0.25) is 0 Å². The normalized spacial score (nSPS) is 17.6. The van der Waals surface area contributed by atoms with Gasteiger partial charge in [-0.25, -0.2) is 9.59 Å². The number of ether oxygens (including phenoxy) is 3. The lowest BCUT2D eigenvalue weighted by atomic mass is 10.1. The molecule has 2 atom stereocenters. The van der Waals surface area contributed by atoms with Gasteiger partial charge in [0.25, 0.3) is 21.9 Å². The number of carbonyl (C=O) groups excluding carboxylic acids is 5. The molecular formula is C45H50N8O11S. The Morgan fingerprint density at radius 3 is 1.52 bits per heavy atom. The number of esters is 1. The largest absolute Gasteiger partial charge is 0.465 e. The van der Waals surface area contributed by atoms with Crippen LogP contribution < -0.4 is 20.4 Å². The number of amides is 4. The van der Waals surface area contributed by atoms with Gasteiger partial charge in [0.2, 0.25) is 0 Å². The highest BCUT2D eigenvalue weighted by Gasteiger charge is 2.35. The molecule has 4 aromatic rings. The number of cyclic esters (lactones) is 2. The summed E-state index contributed by atoms with van der Waals surface area (Å²) in [4.78, 5) is 67.9. The monoisotopic (exact) mass is 910 g/mol. The molecule has 0 saturated carbocycles. The van der Waals surface area contributed by atoms with Gasteiger partial charge in [0.15, 0.2) is 0 Å². The van der Waals surface area contributed by atoms with Gasteiger partial charge < -0.3 is 24.8 Å². The number of anilines is 2. The second-order valence-corrected chi connectivity index (χ2v) is 16.7. The smallest absolute Gasteiger partial charge is 0.414 e. The molecular weight excluding hydrogens is 861 g/mol. The second-order valence-electron chi connectivity index (χ2n) is 15.1. The molecule has 3 aliphatic rings. The van der Waals surface area contributed by atoms with Crippen LogP contribution in [-0.4, -0.2) is 144 Å². The number of nitrogens with zero attached hydrogens (tertiary/aromatic N) is 4. The van der Waals surface area contributed by atoms with Crippen LogP contribution in [0.1, 0.15) is 38.8 Å². The quantitative estimate of drug-likeness (QED) is 0.0465. The van der Waals surface area contributed by atoms with Crippen molar-refractivity contribution in [2.24, 2.45) is 0 Å². The Hall–Kier alpha value is -7.00. The molecule has 4 amide bonds. The van der Waals surface area contributed by atoms with E-state index in [2.05, 4.69) is 24.6 Å². The van der Waals surface area contributed by atoms with Gasteiger partial charge in [0.1, 0.15) is 30.5 Å². The van der Waals surface area contributed by atoms with Crippen LogP contribution in [0.5, 0.6) is 0 Å². The van der Waals surface area contributed by atoms with Crippen molar-refractivity contribution >= 4 is 63.1 Å². The zero-order valence-electron chi connectivity index (χ0n) is 35.8. The molecule has 0 bridgehead atoms. The van der Waals surface area contributed by atoms with Crippen LogP contribution in [0.25, 0.3) is 0 Å². The summed E-state index contributed by atoms with van der Waals surface area (Å²) in [7, 11) is -3.62. The van der Waals surface area contributed by atoms with Crippen molar-refractivity contribution in [3.8, 4) is 0 Å². The van der Waals surface area contributed by atoms with Gasteiger partial charge in [-0.15, -0.1) is 0 Å². The number of amidine groups is 2. The van der Waals surface area contributed by atoms with E-state index in [4.69, 9.17) is 25.0 Å². The maximum absolute atomic E-state index is 12.5. The first-order valence-electron chi connectivity index (χ1n) is 20.7. The molecule has 3 heterocycles. The molecule has 0 aliphatic carbocycles. The van der Waals surface area contributed by atoms with Gasteiger partial charge in [0, 0.05) is 66.4 Å². The van der Waals surface area contributed by atoms with Crippen molar-refractivity contribution < 1.29 is 50.8 Å². The Balaban J connectivity index is 0.000000221. The van der Waals surface area contributed by atoms with E-state index in [1.54, 1.807) is 115 Å². The molecule has 3 saturated heterocycles. The lowest BCUT2D eigenvalue weighted by molar-refractivity contribution is -0.144. The van der Waals surface area contributed by atoms with Crippen molar-refractivity contribution in [3.05, 3.63) is 131 Å². The highest BCUT2D eigenvalue weighted by atomic mass is 32.2. The molecule has 0 radical (unpaired) electrons. The lowest BCUT2D eigenvalue weighted by Gasteiger charge is -2.34. The summed E-state index contributed by atoms with van der Waals surface area (Å²) in [5.74, 6) is -1.03. The third kappa shape index (κ3) is 13.7. The molecule has 7 rings (SSSR count). The number of benzene rings is 4. The van der Waals surface area contributed by atoms with E-state index < -0.39 is 34.3 Å². The number of piperazine rings is 1. The average Bonchev–Trinajstić information content (AvgIpc) is 3.87. The van der Waals surface area contributed by atoms with Crippen molar-refractivity contribution in [1.29, 1.82) is 10.8 Å². The summed E-state index contributed by atoms with van der Waals surface area (Å²) in [6.07, 6.45) is -1.06. The van der Waals surface area contributed by atoms with Crippen LogP contribution in [0, 0.1) is 10.8 Å². The minimum Gasteiger partial charge on any atom is -0.465 e. The Labute approximate surface area is 376 Å². The number of hydrogen-bond acceptors (Lipinski definition) is 15. The Kier molecular flexibility index (Phi) is 16.1. The predicted octanol–water partition coefficient (Wildman–Crippen LogP) is 3.69. The summed E-state index contributed by atoms with van der Waals surface area (Å²) in [5, 5.41) is 21.4. The molecule has 0 aromatic heterocycles. The van der Waals surface area contributed by atoms with E-state index in [9.17, 15) is 32.4 Å². The van der Waals surface area contributed by atoms with Gasteiger partial charge in [-0.1, -0.05) is 36.4 Å². The maximum atomic E-state index is 12.5. The summed E-state index contributed by atoms with van der Waals surface area (Å²) in [6.45, 7) is 6.54. The molecule has 20 heteroatoms. The van der Waals surface area contributed by atoms with E-state index in [0.29, 0.717) is 59.9 Å². The fourth-order valence-corrected chi connectivity index (χ4v) is 7.36. The van der Waals surface area contributed by atoms with Gasteiger partial charge in [-0.2, -0.15) is 8.42 Å². The number of carbonyl (C=O) groups is 5. The van der Waals surface area contributed by atoms with Gasteiger partial charge >= 0.3 is 18.2 Å². The maximum Gasteiger partial charge on any atom is 0.414 e. The van der Waals surface area contributed by atoms with Crippen LogP contribution in [-0.2, 0) is 33.3 Å². The first-order valence-corrected chi connectivity index (χ1v) is 22.5. The number of hydrogen-bond donors (Lipinski definition) is 4. The summed E-state index contributed by atoms with van der Waals surface area (Å²) < 4.78 is 42.5. The molecule has 0 unspecified atom stereocenters. The fourth-order valence-electron chi connectivity index (χ4n) is 6.96. The van der Waals surface area contributed by atoms with Crippen molar-refractivity contribution in [2.75, 3.05) is 81.6 Å². The number of rotatable bonds is 14. The zero-order valence-corrected chi connectivity index (χ0v) is 36.6. The number of nitrogens with one attached hydrogen (secondary N) is 4. The summed E-state index contributed by atoms with van der Waals surface area (Å²) >= 11 is 0. The molecule has 3 aliphatic heterocycles. The van der Waals surface area contributed by atoms with E-state index in [1.165, 1.54) is 4.90 Å². The minimum atomic E-state index is -3.62. The van der Waals surface area contributed by atoms with Crippen LogP contribution in [0.4, 0.5) is 21.0 Å². The van der Waals surface area contributed by atoms with Gasteiger partial charge in [-0.3, -0.25) is 49.0 Å². The first-order chi connectivity index (χ1) is 31.1. The van der Waals surface area contributed by atoms with Crippen LogP contribution in [0.3, 0.4) is 0 Å². The van der Waals surface area contributed by atoms with E-state index in [0.717, 1.165) is 32.4 Å². The fraction of sp³-hybridized carbons (Fsp3) is 0.311. The van der Waals surface area contributed by atoms with Gasteiger partial charge in [-0.05, 0) is 79.7 Å². The third-order valence-corrected chi connectivity index (χ3v) is 10.8. The highest BCUT2D eigenvalue weighted by Crippen LogP contribution is 2.24. The second kappa shape index (κ2) is 22.1. The van der Waals surface area contributed by atoms with E-state index >= 15 is 0 Å². The Bertz CT molecular complexity index is 2450. The molecule has 0 spiro atoms. The van der Waals surface area contributed by atoms with Gasteiger partial charge in [0.05, 0.1) is 32.5 Å². The lowest BCUT2D eigenvalue weighted by Crippen LogP contribution is -2.50. The minimum absolute atomic E-state index is 0.0145. The van der Waals surface area contributed by atoms with Crippen LogP contribution >= 0.6 is 0 Å². The predicted molar refractivity (Wildman–Crippen MR) is 240 cm³/mol. The molecule has 342 valence electrons. The first kappa shape index (κ1) is 47.5. The third-order valence-electron chi connectivity index (χ3n) is 10.3. The molecule has 4 N–H and O–H groups in total. The topological polar surface area (TPSA) is 241 Å². The molecule has 65 heavy (non-hydrogen) atoms. The summed E-state index contributed by atoms with van der Waals surface area (Å²) in [5.41, 5.74) is 3.10. The highest BCUT2D eigenvalue weighted by molar-refractivity contribution is 7.86. The standard InChI is InChI=1S/C26H31N5O5.C19H19N3O6S/c1-2-35-23(32)18-30-14-12-29(13-15-30)16-22-17-31(26(34)36-22)21-10-8-19(9-11-21)24(27)28-25(33)20-6-4-3-5-7-20;1-29(25,26)27-12-16-11-22(19(24)28-16)15-9-7-13(8-10-15)17(20)21-18(23)14-5-3-2-4-6-14/h3-11,22H,2,12-18H2,1H3,(H2,27,28,33);2-10,16H,11-12H2,1H3,(H2,20,21,23)/t22-;16-/m11/s1. The SMILES string of the molecule is CCOC(=O)CN1CCN(C[C@@H]2CN(c3ccc(C(=N)NC(=O)c4ccccc4)cc3)C(=O)O2)CC1.CS(=O)(=O)OC[C@H]1CN(c2ccc(C(=N)NC(=O)c3ccccc3)cc2)C(=O)O1. The zero-order chi connectivity index (χ0) is 46.5. The molecule has 19 nitrogen and oxygen atoms in total. The Morgan fingerprint density at radius 2 is 1.08 bits per heavy atom. The van der Waals surface area contributed by atoms with Crippen molar-refractivity contribution in [1.82, 2.24) is 20.4 Å². The van der Waals surface area contributed by atoms with Crippen molar-refractivity contribution in [3.63, 3.8) is 0 Å². The van der Waals surface area contributed by atoms with E-state index in [1.807, 2.05) is 6.07 Å². The summed E-state index contributed by atoms with van der Waals surface area (Å²) in [6, 6.07) is 30.6.